The van der Waals surface area contributed by atoms with Crippen LogP contribution in [0.2, 0.25) is 0 Å². The lowest BCUT2D eigenvalue weighted by Crippen LogP contribution is -2.30. The summed E-state index contributed by atoms with van der Waals surface area (Å²) in [5.41, 5.74) is 2.40. The lowest BCUT2D eigenvalue weighted by atomic mass is 10.1. The van der Waals surface area contributed by atoms with Crippen LogP contribution in [0.3, 0.4) is 0 Å². The van der Waals surface area contributed by atoms with Crippen LogP contribution in [-0.2, 0) is 0 Å². The van der Waals surface area contributed by atoms with Gasteiger partial charge in [-0.05, 0) is 24.8 Å². The van der Waals surface area contributed by atoms with Gasteiger partial charge in [0.05, 0.1) is 12.1 Å². The summed E-state index contributed by atoms with van der Waals surface area (Å²) in [6, 6.07) is 10.2. The molecule has 0 saturated heterocycles. The van der Waals surface area contributed by atoms with Gasteiger partial charge in [0, 0.05) is 30.2 Å². The average molecular weight is 471 g/mol. The maximum Gasteiger partial charge on any atom is 0.191 e. The van der Waals surface area contributed by atoms with Gasteiger partial charge in [-0.1, -0.05) is 60.7 Å². The molecule has 3 aromatic rings. The Morgan fingerprint density at radius 1 is 1.12 bits per heavy atom. The lowest BCUT2D eigenvalue weighted by molar-refractivity contribution is -0.00512. The van der Waals surface area contributed by atoms with E-state index in [0.717, 1.165) is 25.0 Å². The van der Waals surface area contributed by atoms with Crippen LogP contribution >= 0.6 is 11.8 Å². The predicted molar refractivity (Wildman–Crippen MR) is 126 cm³/mol. The van der Waals surface area contributed by atoms with Crippen molar-refractivity contribution in [2.45, 2.75) is 68.0 Å². The quantitative estimate of drug-likeness (QED) is 0.212. The Balaban J connectivity index is 1.45. The zero-order valence-corrected chi connectivity index (χ0v) is 19.4. The zero-order valence-electron chi connectivity index (χ0n) is 18.6. The van der Waals surface area contributed by atoms with Crippen LogP contribution in [0.4, 0.5) is 5.82 Å². The molecule has 2 fully saturated rings. The Kier molecular flexibility index (Phi) is 6.51. The number of rotatable bonds is 9. The number of fused-ring (bicyclic) bond motifs is 1. The van der Waals surface area contributed by atoms with E-state index in [1.165, 1.54) is 5.56 Å². The Hall–Kier alpha value is -2.27. The first-order valence-electron chi connectivity index (χ1n) is 11.6. The first kappa shape index (κ1) is 22.5. The van der Waals surface area contributed by atoms with E-state index in [1.807, 2.05) is 6.07 Å². The van der Waals surface area contributed by atoms with E-state index in [0.29, 0.717) is 34.5 Å². The third-order valence-electron chi connectivity index (χ3n) is 6.69. The molecular weight excluding hydrogens is 440 g/mol. The van der Waals surface area contributed by atoms with Crippen molar-refractivity contribution < 1.29 is 15.3 Å². The van der Waals surface area contributed by atoms with Gasteiger partial charge in [-0.25, -0.2) is 14.6 Å². The second-order valence-corrected chi connectivity index (χ2v) is 10.1. The van der Waals surface area contributed by atoms with E-state index >= 15 is 0 Å². The molecular formula is C23H30N6O3S. The smallest absolute Gasteiger partial charge is 0.191 e. The fraction of sp³-hybridized carbons (Fsp3) is 0.565. The van der Waals surface area contributed by atoms with E-state index in [9.17, 15) is 15.3 Å². The highest BCUT2D eigenvalue weighted by Crippen LogP contribution is 2.43. The minimum atomic E-state index is -1.04. The standard InChI is InChI=1S/C23H30N6O3S/c1-2-3-9-33-23-25-21(24-16-11-15(16)13-7-5-4-6-8-13)18-22(26-23)29(28-27-18)17-10-14(12-30)19(31)20(17)32/h4-8,14-17,19-20,30-32H,2-3,9-12H2,1H3,(H,24,25,26). The summed E-state index contributed by atoms with van der Waals surface area (Å²) in [5, 5.41) is 43.3. The van der Waals surface area contributed by atoms with E-state index < -0.39 is 24.2 Å². The molecule has 4 N–H and O–H groups in total. The number of benzene rings is 1. The van der Waals surface area contributed by atoms with Crippen molar-refractivity contribution in [2.24, 2.45) is 5.92 Å². The van der Waals surface area contributed by atoms with Crippen LogP contribution in [-0.4, -0.2) is 70.9 Å². The van der Waals surface area contributed by atoms with Gasteiger partial charge in [-0.15, -0.1) is 5.10 Å². The maximum atomic E-state index is 10.6. The third kappa shape index (κ3) is 4.44. The highest BCUT2D eigenvalue weighted by atomic mass is 32.2. The van der Waals surface area contributed by atoms with E-state index in [1.54, 1.807) is 16.4 Å². The third-order valence-corrected chi connectivity index (χ3v) is 7.63. The molecule has 2 saturated carbocycles. The Morgan fingerprint density at radius 2 is 1.94 bits per heavy atom. The zero-order chi connectivity index (χ0) is 22.9. The molecule has 0 bridgehead atoms. The first-order valence-corrected chi connectivity index (χ1v) is 12.6. The van der Waals surface area contributed by atoms with Crippen LogP contribution in [0.15, 0.2) is 35.5 Å². The predicted octanol–water partition coefficient (Wildman–Crippen LogP) is 2.36. The highest BCUT2D eigenvalue weighted by molar-refractivity contribution is 7.99. The molecule has 0 aliphatic heterocycles. The molecule has 0 radical (unpaired) electrons. The number of hydrogen-bond acceptors (Lipinski definition) is 9. The first-order chi connectivity index (χ1) is 16.1. The number of aromatic nitrogens is 5. The molecule has 2 aliphatic carbocycles. The number of aliphatic hydroxyl groups is 3. The van der Waals surface area contributed by atoms with Crippen LogP contribution < -0.4 is 5.32 Å². The molecule has 2 aromatic heterocycles. The van der Waals surface area contributed by atoms with Gasteiger partial charge < -0.3 is 20.6 Å². The van der Waals surface area contributed by atoms with Crippen molar-refractivity contribution >= 4 is 28.7 Å². The normalized spacial score (nSPS) is 29.0. The molecule has 6 unspecified atom stereocenters. The van der Waals surface area contributed by atoms with Gasteiger partial charge in [0.25, 0.3) is 0 Å². The molecule has 6 atom stereocenters. The van der Waals surface area contributed by atoms with E-state index in [2.05, 4.69) is 46.8 Å². The summed E-state index contributed by atoms with van der Waals surface area (Å²) in [4.78, 5) is 9.48. The average Bonchev–Trinajstić information content (AvgIpc) is 3.38. The Labute approximate surface area is 196 Å². The van der Waals surface area contributed by atoms with E-state index in [4.69, 9.17) is 9.97 Å². The summed E-state index contributed by atoms with van der Waals surface area (Å²) in [5.74, 6) is 1.59. The molecule has 2 heterocycles. The number of thioether (sulfide) groups is 1. The molecule has 176 valence electrons. The van der Waals surface area contributed by atoms with Gasteiger partial charge in [-0.2, -0.15) is 0 Å². The largest absolute Gasteiger partial charge is 0.396 e. The van der Waals surface area contributed by atoms with Crippen LogP contribution in [0.1, 0.15) is 50.1 Å². The summed E-state index contributed by atoms with van der Waals surface area (Å²) >= 11 is 1.60. The summed E-state index contributed by atoms with van der Waals surface area (Å²) in [6.45, 7) is 1.96. The molecule has 1 aromatic carbocycles. The SMILES string of the molecule is CCCCSc1nc(NC2CC2c2ccccc2)c2nnn(C3CC(CO)C(O)C3O)c2n1. The number of nitrogens with zero attached hydrogens (tertiary/aromatic N) is 5. The molecule has 9 nitrogen and oxygen atoms in total. The molecule has 2 aliphatic rings. The van der Waals surface area contributed by atoms with Crippen molar-refractivity contribution in [2.75, 3.05) is 17.7 Å². The Bertz CT molecular complexity index is 1100. The summed E-state index contributed by atoms with van der Waals surface area (Å²) in [6.07, 6.45) is 1.54. The second kappa shape index (κ2) is 9.54. The fourth-order valence-electron chi connectivity index (χ4n) is 4.63. The Morgan fingerprint density at radius 3 is 2.67 bits per heavy atom. The van der Waals surface area contributed by atoms with Crippen molar-refractivity contribution in [1.29, 1.82) is 0 Å². The molecule has 0 amide bonds. The van der Waals surface area contributed by atoms with Crippen molar-refractivity contribution in [3.63, 3.8) is 0 Å². The minimum Gasteiger partial charge on any atom is -0.396 e. The topological polar surface area (TPSA) is 129 Å². The monoisotopic (exact) mass is 470 g/mol. The molecule has 5 rings (SSSR count). The maximum absolute atomic E-state index is 10.6. The van der Waals surface area contributed by atoms with Crippen molar-refractivity contribution in [3.05, 3.63) is 35.9 Å². The number of hydrogen-bond donors (Lipinski definition) is 4. The van der Waals surface area contributed by atoms with Gasteiger partial charge in [0.1, 0.15) is 6.10 Å². The fourth-order valence-corrected chi connectivity index (χ4v) is 5.55. The molecule has 33 heavy (non-hydrogen) atoms. The summed E-state index contributed by atoms with van der Waals surface area (Å²) in [7, 11) is 0. The second-order valence-electron chi connectivity index (χ2n) is 8.99. The van der Waals surface area contributed by atoms with Crippen molar-refractivity contribution in [3.8, 4) is 0 Å². The van der Waals surface area contributed by atoms with Crippen LogP contribution in [0.5, 0.6) is 0 Å². The van der Waals surface area contributed by atoms with Gasteiger partial charge in [0.15, 0.2) is 22.1 Å². The van der Waals surface area contributed by atoms with Crippen LogP contribution in [0, 0.1) is 5.92 Å². The number of anilines is 1. The highest BCUT2D eigenvalue weighted by Gasteiger charge is 2.44. The van der Waals surface area contributed by atoms with E-state index in [-0.39, 0.29) is 12.6 Å². The molecule has 0 spiro atoms. The lowest BCUT2D eigenvalue weighted by Gasteiger charge is -2.17. The minimum absolute atomic E-state index is 0.191. The number of aliphatic hydroxyl groups excluding tert-OH is 3. The van der Waals surface area contributed by atoms with Gasteiger partial charge in [-0.3, -0.25) is 0 Å². The number of nitrogens with one attached hydrogen (secondary N) is 1. The number of unbranched alkanes of at least 4 members (excludes halogenated alkanes) is 1. The van der Waals surface area contributed by atoms with Crippen LogP contribution in [0.25, 0.3) is 11.2 Å². The van der Waals surface area contributed by atoms with Gasteiger partial charge in [0.2, 0.25) is 0 Å². The van der Waals surface area contributed by atoms with Gasteiger partial charge >= 0.3 is 0 Å². The van der Waals surface area contributed by atoms with Crippen molar-refractivity contribution in [1.82, 2.24) is 25.0 Å². The summed E-state index contributed by atoms with van der Waals surface area (Å²) < 4.78 is 1.59. The molecule has 10 heteroatoms.